The number of hydrogen-bond acceptors (Lipinski definition) is 2. The van der Waals surface area contributed by atoms with Gasteiger partial charge in [0, 0.05) is 15.5 Å². The van der Waals surface area contributed by atoms with Crippen LogP contribution in [0.4, 0.5) is 4.39 Å². The van der Waals surface area contributed by atoms with E-state index in [0.29, 0.717) is 14.8 Å². The molecule has 1 aromatic heterocycles. The minimum Gasteiger partial charge on any atom is -0.383 e. The molecule has 0 bridgehead atoms. The molecule has 0 aliphatic heterocycles. The molecule has 84 valence electrons. The van der Waals surface area contributed by atoms with Crippen molar-refractivity contribution in [2.24, 2.45) is 0 Å². The summed E-state index contributed by atoms with van der Waals surface area (Å²) in [6.07, 6.45) is -0.870. The summed E-state index contributed by atoms with van der Waals surface area (Å²) in [4.78, 5) is 0.679. The molecule has 1 aromatic carbocycles. The van der Waals surface area contributed by atoms with Gasteiger partial charge in [0.25, 0.3) is 0 Å². The zero-order chi connectivity index (χ0) is 11.7. The van der Waals surface area contributed by atoms with Crippen LogP contribution in [0.1, 0.15) is 16.5 Å². The van der Waals surface area contributed by atoms with Crippen LogP contribution in [0.5, 0.6) is 0 Å². The minimum atomic E-state index is -0.870. The van der Waals surface area contributed by atoms with Crippen molar-refractivity contribution in [3.63, 3.8) is 0 Å². The van der Waals surface area contributed by atoms with Crippen LogP contribution in [-0.2, 0) is 0 Å². The predicted molar refractivity (Wildman–Crippen MR) is 64.8 cm³/mol. The third kappa shape index (κ3) is 2.38. The van der Waals surface area contributed by atoms with Gasteiger partial charge in [0.1, 0.15) is 11.9 Å². The van der Waals surface area contributed by atoms with Gasteiger partial charge in [0.05, 0.1) is 4.34 Å². The number of halogens is 3. The van der Waals surface area contributed by atoms with Gasteiger partial charge in [-0.05, 0) is 24.3 Å². The summed E-state index contributed by atoms with van der Waals surface area (Å²) in [5, 5.41) is 10.2. The highest BCUT2D eigenvalue weighted by Crippen LogP contribution is 2.34. The van der Waals surface area contributed by atoms with E-state index in [-0.39, 0.29) is 5.02 Å². The van der Waals surface area contributed by atoms with Crippen molar-refractivity contribution in [3.8, 4) is 0 Å². The fourth-order valence-electron chi connectivity index (χ4n) is 1.35. The molecular weight excluding hydrogens is 270 g/mol. The maximum atomic E-state index is 12.8. The third-order valence-electron chi connectivity index (χ3n) is 2.12. The van der Waals surface area contributed by atoms with E-state index < -0.39 is 11.9 Å². The summed E-state index contributed by atoms with van der Waals surface area (Å²) in [7, 11) is 0. The van der Waals surface area contributed by atoms with Crippen LogP contribution < -0.4 is 0 Å². The molecule has 0 aliphatic carbocycles. The molecular formula is C11H7Cl2FOS. The second kappa shape index (κ2) is 4.72. The quantitative estimate of drug-likeness (QED) is 0.868. The average Bonchev–Trinajstić information content (AvgIpc) is 2.64. The Morgan fingerprint density at radius 1 is 1.19 bits per heavy atom. The van der Waals surface area contributed by atoms with Crippen molar-refractivity contribution < 1.29 is 9.50 Å². The maximum Gasteiger partial charge on any atom is 0.124 e. The third-order valence-corrected chi connectivity index (χ3v) is 3.73. The summed E-state index contributed by atoms with van der Waals surface area (Å²) in [5.74, 6) is -0.426. The van der Waals surface area contributed by atoms with Crippen LogP contribution in [0.15, 0.2) is 30.3 Å². The molecule has 0 radical (unpaired) electrons. The van der Waals surface area contributed by atoms with E-state index >= 15 is 0 Å². The highest BCUT2D eigenvalue weighted by atomic mass is 35.5. The van der Waals surface area contributed by atoms with Crippen molar-refractivity contribution in [2.45, 2.75) is 6.10 Å². The van der Waals surface area contributed by atoms with Crippen molar-refractivity contribution in [1.29, 1.82) is 0 Å². The molecule has 1 atom stereocenters. The van der Waals surface area contributed by atoms with Crippen molar-refractivity contribution in [1.82, 2.24) is 0 Å². The highest BCUT2D eigenvalue weighted by Gasteiger charge is 2.16. The van der Waals surface area contributed by atoms with Crippen molar-refractivity contribution in [3.05, 3.63) is 55.9 Å². The Labute approximate surface area is 106 Å². The molecule has 0 amide bonds. The molecule has 2 aromatic rings. The van der Waals surface area contributed by atoms with Gasteiger partial charge in [-0.15, -0.1) is 11.3 Å². The van der Waals surface area contributed by atoms with Crippen molar-refractivity contribution in [2.75, 3.05) is 0 Å². The molecule has 16 heavy (non-hydrogen) atoms. The lowest BCUT2D eigenvalue weighted by Gasteiger charge is -2.10. The zero-order valence-electron chi connectivity index (χ0n) is 7.95. The summed E-state index contributed by atoms with van der Waals surface area (Å²) >= 11 is 12.9. The number of aliphatic hydroxyl groups is 1. The molecule has 5 heteroatoms. The highest BCUT2D eigenvalue weighted by molar-refractivity contribution is 7.16. The minimum absolute atomic E-state index is 0.206. The Bertz CT molecular complexity index is 512. The van der Waals surface area contributed by atoms with E-state index in [9.17, 15) is 9.50 Å². The topological polar surface area (TPSA) is 20.2 Å². The molecule has 0 aliphatic rings. The zero-order valence-corrected chi connectivity index (χ0v) is 10.3. The first kappa shape index (κ1) is 11.9. The Balaban J connectivity index is 2.37. The van der Waals surface area contributed by atoms with Gasteiger partial charge in [-0.1, -0.05) is 29.3 Å². The molecule has 1 heterocycles. The standard InChI is InChI=1S/C11H7Cl2FOS/c12-8-5-6(14)1-2-7(8)11(15)9-3-4-10(13)16-9/h1-5,11,15H. The molecule has 2 rings (SSSR count). The molecule has 0 saturated heterocycles. The molecule has 1 unspecified atom stereocenters. The fourth-order valence-corrected chi connectivity index (χ4v) is 2.69. The Morgan fingerprint density at radius 2 is 1.94 bits per heavy atom. The van der Waals surface area contributed by atoms with Crippen LogP contribution in [0, 0.1) is 5.82 Å². The number of rotatable bonds is 2. The summed E-state index contributed by atoms with van der Waals surface area (Å²) < 4.78 is 13.4. The first-order valence-corrected chi connectivity index (χ1v) is 6.03. The first-order chi connectivity index (χ1) is 7.58. The van der Waals surface area contributed by atoms with E-state index in [1.165, 1.54) is 29.5 Å². The van der Waals surface area contributed by atoms with Crippen molar-refractivity contribution >= 4 is 34.5 Å². The number of benzene rings is 1. The van der Waals surface area contributed by atoms with E-state index in [4.69, 9.17) is 23.2 Å². The van der Waals surface area contributed by atoms with Gasteiger partial charge in [0.2, 0.25) is 0 Å². The number of aliphatic hydroxyl groups excluding tert-OH is 1. The second-order valence-corrected chi connectivity index (χ2v) is 5.36. The Morgan fingerprint density at radius 3 is 2.50 bits per heavy atom. The molecule has 1 N–H and O–H groups in total. The van der Waals surface area contributed by atoms with Gasteiger partial charge in [0.15, 0.2) is 0 Å². The largest absolute Gasteiger partial charge is 0.383 e. The van der Waals surface area contributed by atoms with Gasteiger partial charge < -0.3 is 5.11 Å². The fraction of sp³-hybridized carbons (Fsp3) is 0.0909. The van der Waals surface area contributed by atoms with E-state index in [0.717, 1.165) is 0 Å². The lowest BCUT2D eigenvalue weighted by atomic mass is 10.1. The number of thiophene rings is 1. The van der Waals surface area contributed by atoms with Crippen LogP contribution >= 0.6 is 34.5 Å². The average molecular weight is 277 g/mol. The smallest absolute Gasteiger partial charge is 0.124 e. The molecule has 1 nitrogen and oxygen atoms in total. The normalized spacial score (nSPS) is 12.8. The first-order valence-electron chi connectivity index (χ1n) is 4.46. The summed E-state index contributed by atoms with van der Waals surface area (Å²) in [6.45, 7) is 0. The maximum absolute atomic E-state index is 12.8. The number of hydrogen-bond donors (Lipinski definition) is 1. The monoisotopic (exact) mass is 276 g/mol. The SMILES string of the molecule is OC(c1ccc(Cl)s1)c1ccc(F)cc1Cl. The lowest BCUT2D eigenvalue weighted by molar-refractivity contribution is 0.224. The van der Waals surface area contributed by atoms with Crippen LogP contribution in [0.2, 0.25) is 9.36 Å². The lowest BCUT2D eigenvalue weighted by Crippen LogP contribution is -1.98. The van der Waals surface area contributed by atoms with E-state index in [2.05, 4.69) is 0 Å². The molecule has 0 spiro atoms. The Kier molecular flexibility index (Phi) is 3.50. The van der Waals surface area contributed by atoms with E-state index in [1.807, 2.05) is 0 Å². The van der Waals surface area contributed by atoms with Gasteiger partial charge in [-0.25, -0.2) is 4.39 Å². The van der Waals surface area contributed by atoms with Gasteiger partial charge in [-0.2, -0.15) is 0 Å². The van der Waals surface area contributed by atoms with Crippen LogP contribution in [0.3, 0.4) is 0 Å². The van der Waals surface area contributed by atoms with Gasteiger partial charge >= 0.3 is 0 Å². The Hall–Kier alpha value is -0.610. The van der Waals surface area contributed by atoms with Gasteiger partial charge in [-0.3, -0.25) is 0 Å². The molecule has 0 saturated carbocycles. The predicted octanol–water partition coefficient (Wildman–Crippen LogP) is 4.28. The van der Waals surface area contributed by atoms with E-state index in [1.54, 1.807) is 12.1 Å². The summed E-state index contributed by atoms with van der Waals surface area (Å²) in [6, 6.07) is 7.32. The summed E-state index contributed by atoms with van der Waals surface area (Å²) in [5.41, 5.74) is 0.474. The second-order valence-electron chi connectivity index (χ2n) is 3.21. The van der Waals surface area contributed by atoms with Crippen LogP contribution in [0.25, 0.3) is 0 Å². The van der Waals surface area contributed by atoms with Crippen LogP contribution in [-0.4, -0.2) is 5.11 Å². The molecule has 0 fully saturated rings.